The van der Waals surface area contributed by atoms with Crippen LogP contribution >= 0.6 is 0 Å². The van der Waals surface area contributed by atoms with Crippen LogP contribution in [0.4, 0.5) is 0 Å². The second-order valence-corrected chi connectivity index (χ2v) is 5.00. The number of carbonyl (C=O) groups is 2. The van der Waals surface area contributed by atoms with Gasteiger partial charge in [-0.3, -0.25) is 9.59 Å². The summed E-state index contributed by atoms with van der Waals surface area (Å²) >= 11 is 0. The zero-order chi connectivity index (χ0) is 12.5. The molecule has 18 heavy (non-hydrogen) atoms. The van der Waals surface area contributed by atoms with Gasteiger partial charge in [0.25, 0.3) is 5.91 Å². The fourth-order valence-corrected chi connectivity index (χ4v) is 2.97. The minimum atomic E-state index is -0.118. The van der Waals surface area contributed by atoms with Crippen LogP contribution in [0.3, 0.4) is 0 Å². The van der Waals surface area contributed by atoms with Gasteiger partial charge in [-0.05, 0) is 19.3 Å². The molecule has 6 heteroatoms. The first-order chi connectivity index (χ1) is 8.75. The first-order valence-electron chi connectivity index (χ1n) is 6.53. The monoisotopic (exact) mass is 251 g/mol. The molecule has 1 N–H and O–H groups in total. The Balaban J connectivity index is 1.73. The van der Waals surface area contributed by atoms with Crippen LogP contribution in [0.5, 0.6) is 0 Å². The third-order valence-corrected chi connectivity index (χ3v) is 3.89. The molecule has 1 aliphatic carbocycles. The van der Waals surface area contributed by atoms with Crippen LogP contribution in [0, 0.1) is 0 Å². The van der Waals surface area contributed by atoms with Crippen molar-refractivity contribution in [1.82, 2.24) is 10.3 Å². The molecule has 98 valence electrons. The number of fused-ring (bicyclic) bond motifs is 1. The van der Waals surface area contributed by atoms with E-state index in [9.17, 15) is 9.59 Å². The largest absolute Gasteiger partial charge is 0.374 e. The lowest BCUT2D eigenvalue weighted by Crippen LogP contribution is -2.53. The van der Waals surface area contributed by atoms with E-state index >= 15 is 0 Å². The van der Waals surface area contributed by atoms with Gasteiger partial charge in [-0.15, -0.1) is 0 Å². The van der Waals surface area contributed by atoms with E-state index in [1.807, 2.05) is 4.90 Å². The summed E-state index contributed by atoms with van der Waals surface area (Å²) in [5.41, 5.74) is 2.86. The summed E-state index contributed by atoms with van der Waals surface area (Å²) in [4.78, 5) is 25.3. The molecule has 0 radical (unpaired) electrons. The first kappa shape index (κ1) is 11.6. The van der Waals surface area contributed by atoms with Crippen molar-refractivity contribution in [2.24, 2.45) is 5.10 Å². The maximum Gasteiger partial charge on any atom is 0.270 e. The van der Waals surface area contributed by atoms with Gasteiger partial charge in [-0.25, -0.2) is 5.43 Å². The van der Waals surface area contributed by atoms with Gasteiger partial charge in [0.15, 0.2) is 0 Å². The van der Waals surface area contributed by atoms with E-state index in [-0.39, 0.29) is 24.0 Å². The van der Waals surface area contributed by atoms with E-state index in [0.29, 0.717) is 31.7 Å². The number of hydrazone groups is 1. The molecule has 3 aliphatic rings. The van der Waals surface area contributed by atoms with Crippen LogP contribution in [0.1, 0.15) is 32.1 Å². The van der Waals surface area contributed by atoms with Gasteiger partial charge in [0, 0.05) is 19.4 Å². The third-order valence-electron chi connectivity index (χ3n) is 3.89. The lowest BCUT2D eigenvalue weighted by atomic mass is 10.1. The third kappa shape index (κ3) is 2.01. The summed E-state index contributed by atoms with van der Waals surface area (Å²) < 4.78 is 5.68. The summed E-state index contributed by atoms with van der Waals surface area (Å²) in [6, 6.07) is 0.201. The summed E-state index contributed by atoms with van der Waals surface area (Å²) in [6.45, 7) is 1.24. The average Bonchev–Trinajstić information content (AvgIpc) is 2.87. The van der Waals surface area contributed by atoms with Crippen LogP contribution in [0.2, 0.25) is 0 Å². The van der Waals surface area contributed by atoms with E-state index in [0.717, 1.165) is 19.3 Å². The number of hydrogen-bond donors (Lipinski definition) is 1. The van der Waals surface area contributed by atoms with E-state index in [1.165, 1.54) is 0 Å². The van der Waals surface area contributed by atoms with Crippen LogP contribution in [0.15, 0.2) is 5.10 Å². The van der Waals surface area contributed by atoms with Gasteiger partial charge in [-0.1, -0.05) is 0 Å². The van der Waals surface area contributed by atoms with Crippen LogP contribution in [0.25, 0.3) is 0 Å². The van der Waals surface area contributed by atoms with Crippen LogP contribution in [-0.4, -0.2) is 47.7 Å². The number of ether oxygens (including phenoxy) is 1. The normalized spacial score (nSPS) is 31.7. The fraction of sp³-hybridized carbons (Fsp3) is 0.750. The molecule has 1 saturated heterocycles. The highest BCUT2D eigenvalue weighted by Crippen LogP contribution is 2.30. The highest BCUT2D eigenvalue weighted by molar-refractivity contribution is 6.39. The standard InChI is InChI=1S/C12H17N3O3/c16-11-5-4-8(13-14-11)12(17)15-6-7-18-10-3-1-2-9(10)15/h9-10H,1-7H2,(H,14,16). The van der Waals surface area contributed by atoms with Gasteiger partial charge >= 0.3 is 0 Å². The molecule has 2 heterocycles. The second-order valence-electron chi connectivity index (χ2n) is 5.00. The molecule has 1 saturated carbocycles. The predicted octanol–water partition coefficient (Wildman–Crippen LogP) is 0.0323. The molecular weight excluding hydrogens is 234 g/mol. The maximum absolute atomic E-state index is 12.4. The highest BCUT2D eigenvalue weighted by Gasteiger charge is 2.39. The quantitative estimate of drug-likeness (QED) is 0.715. The van der Waals surface area contributed by atoms with Gasteiger partial charge in [0.05, 0.1) is 18.8 Å². The minimum absolute atomic E-state index is 0.0322. The fourth-order valence-electron chi connectivity index (χ4n) is 2.97. The van der Waals surface area contributed by atoms with Gasteiger partial charge < -0.3 is 9.64 Å². The molecule has 2 amide bonds. The van der Waals surface area contributed by atoms with E-state index in [2.05, 4.69) is 10.5 Å². The van der Waals surface area contributed by atoms with E-state index in [4.69, 9.17) is 4.74 Å². The Kier molecular flexibility index (Phi) is 3.03. The number of nitrogens with zero attached hydrogens (tertiary/aromatic N) is 2. The Hall–Kier alpha value is -1.43. The van der Waals surface area contributed by atoms with Crippen molar-refractivity contribution in [2.45, 2.75) is 44.2 Å². The molecule has 2 atom stereocenters. The number of nitrogens with one attached hydrogen (secondary N) is 1. The zero-order valence-corrected chi connectivity index (χ0v) is 10.2. The predicted molar refractivity (Wildman–Crippen MR) is 63.9 cm³/mol. The van der Waals surface area contributed by atoms with Crippen LogP contribution < -0.4 is 5.43 Å². The van der Waals surface area contributed by atoms with Crippen molar-refractivity contribution in [2.75, 3.05) is 13.2 Å². The molecular formula is C12H17N3O3. The van der Waals surface area contributed by atoms with Crippen molar-refractivity contribution >= 4 is 17.5 Å². The molecule has 0 bridgehead atoms. The van der Waals surface area contributed by atoms with E-state index in [1.54, 1.807) is 0 Å². The van der Waals surface area contributed by atoms with Gasteiger partial charge in [-0.2, -0.15) is 5.10 Å². The Morgan fingerprint density at radius 1 is 1.39 bits per heavy atom. The highest BCUT2D eigenvalue weighted by atomic mass is 16.5. The Bertz CT molecular complexity index is 407. The number of rotatable bonds is 1. The Labute approximate surface area is 105 Å². The molecule has 0 aromatic carbocycles. The van der Waals surface area contributed by atoms with Crippen molar-refractivity contribution in [1.29, 1.82) is 0 Å². The van der Waals surface area contributed by atoms with Crippen molar-refractivity contribution in [3.05, 3.63) is 0 Å². The average molecular weight is 251 g/mol. The minimum Gasteiger partial charge on any atom is -0.374 e. The maximum atomic E-state index is 12.4. The molecule has 0 aromatic heterocycles. The van der Waals surface area contributed by atoms with Crippen molar-refractivity contribution < 1.29 is 14.3 Å². The number of carbonyl (C=O) groups excluding carboxylic acids is 2. The van der Waals surface area contributed by atoms with Crippen LogP contribution in [-0.2, 0) is 14.3 Å². The summed E-state index contributed by atoms with van der Waals surface area (Å²) in [5.74, 6) is -0.150. The molecule has 6 nitrogen and oxygen atoms in total. The Morgan fingerprint density at radius 3 is 3.06 bits per heavy atom. The smallest absolute Gasteiger partial charge is 0.270 e. The molecule has 2 fully saturated rings. The van der Waals surface area contributed by atoms with Gasteiger partial charge in [0.1, 0.15) is 5.71 Å². The van der Waals surface area contributed by atoms with Crippen molar-refractivity contribution in [3.8, 4) is 0 Å². The lowest BCUT2D eigenvalue weighted by molar-refractivity contribution is -0.136. The topological polar surface area (TPSA) is 71.0 Å². The number of hydrogen-bond acceptors (Lipinski definition) is 4. The molecule has 2 unspecified atom stereocenters. The molecule has 2 aliphatic heterocycles. The Morgan fingerprint density at radius 2 is 2.28 bits per heavy atom. The summed E-state index contributed by atoms with van der Waals surface area (Å²) in [5, 5.41) is 3.88. The number of morpholine rings is 1. The first-order valence-corrected chi connectivity index (χ1v) is 6.53. The van der Waals surface area contributed by atoms with Gasteiger partial charge in [0.2, 0.25) is 5.91 Å². The SMILES string of the molecule is O=C1CCC(C(=O)N2CCOC3CCCC32)=NN1. The summed E-state index contributed by atoms with van der Waals surface area (Å²) in [7, 11) is 0. The molecule has 3 rings (SSSR count). The van der Waals surface area contributed by atoms with Crippen molar-refractivity contribution in [3.63, 3.8) is 0 Å². The summed E-state index contributed by atoms with van der Waals surface area (Å²) in [6.07, 6.45) is 4.15. The zero-order valence-electron chi connectivity index (χ0n) is 10.2. The lowest BCUT2D eigenvalue weighted by Gasteiger charge is -2.38. The molecule has 0 spiro atoms. The van der Waals surface area contributed by atoms with E-state index < -0.39 is 0 Å². The second kappa shape index (κ2) is 4.68. The number of amides is 2. The molecule has 0 aromatic rings.